The van der Waals surface area contributed by atoms with E-state index in [1.807, 2.05) is 36.1 Å². The SMILES string of the molecule is C[C@@H]1OCC2(CCN(c3cnc(Sc4ccc5nc(OC6CCOC6)n(C)c5c4Cl)cn3)CC2)[C@@H]1N. The smallest absolute Gasteiger partial charge is 0.297 e. The van der Waals surface area contributed by atoms with Crippen LogP contribution in [-0.4, -0.2) is 70.7 Å². The summed E-state index contributed by atoms with van der Waals surface area (Å²) in [5.74, 6) is 0.889. The van der Waals surface area contributed by atoms with E-state index in [4.69, 9.17) is 36.5 Å². The maximum absolute atomic E-state index is 6.82. The summed E-state index contributed by atoms with van der Waals surface area (Å²) in [4.78, 5) is 17.2. The predicted molar refractivity (Wildman–Crippen MR) is 139 cm³/mol. The number of hydrogen-bond donors (Lipinski definition) is 1. The van der Waals surface area contributed by atoms with Crippen molar-refractivity contribution in [2.45, 2.75) is 54.4 Å². The molecule has 0 saturated carbocycles. The Morgan fingerprint density at radius 1 is 1.22 bits per heavy atom. The zero-order chi connectivity index (χ0) is 24.9. The van der Waals surface area contributed by atoms with Crippen molar-refractivity contribution in [2.24, 2.45) is 18.2 Å². The third-order valence-electron chi connectivity index (χ3n) is 7.82. The number of ether oxygens (including phenoxy) is 3. The molecule has 3 saturated heterocycles. The van der Waals surface area contributed by atoms with Crippen molar-refractivity contribution in [3.8, 4) is 6.01 Å². The van der Waals surface area contributed by atoms with Crippen molar-refractivity contribution in [1.82, 2.24) is 19.5 Å². The maximum atomic E-state index is 6.82. The number of nitrogens with two attached hydrogens (primary N) is 1. The number of anilines is 1. The molecular weight excluding hydrogens is 500 g/mol. The zero-order valence-electron chi connectivity index (χ0n) is 20.5. The molecule has 1 aromatic carbocycles. The van der Waals surface area contributed by atoms with Crippen LogP contribution in [0.4, 0.5) is 5.82 Å². The second kappa shape index (κ2) is 9.64. The lowest BCUT2D eigenvalue weighted by molar-refractivity contribution is 0.0974. The molecule has 3 aromatic rings. The largest absolute Gasteiger partial charge is 0.459 e. The van der Waals surface area contributed by atoms with Crippen LogP contribution in [0.3, 0.4) is 0 Å². The van der Waals surface area contributed by atoms with Crippen LogP contribution >= 0.6 is 23.4 Å². The minimum atomic E-state index is 0.0270. The highest BCUT2D eigenvalue weighted by molar-refractivity contribution is 7.99. The van der Waals surface area contributed by atoms with Gasteiger partial charge in [0.2, 0.25) is 0 Å². The number of piperidine rings is 1. The van der Waals surface area contributed by atoms with Gasteiger partial charge in [0.25, 0.3) is 6.01 Å². The predicted octanol–water partition coefficient (Wildman–Crippen LogP) is 3.67. The summed E-state index contributed by atoms with van der Waals surface area (Å²) in [6.07, 6.45) is 6.71. The number of aromatic nitrogens is 4. The van der Waals surface area contributed by atoms with Gasteiger partial charge in [-0.1, -0.05) is 23.4 Å². The van der Waals surface area contributed by atoms with E-state index in [-0.39, 0.29) is 23.7 Å². The van der Waals surface area contributed by atoms with E-state index < -0.39 is 0 Å². The quantitative estimate of drug-likeness (QED) is 0.529. The summed E-state index contributed by atoms with van der Waals surface area (Å²) >= 11 is 8.31. The molecule has 0 radical (unpaired) electrons. The lowest BCUT2D eigenvalue weighted by Gasteiger charge is -2.41. The van der Waals surface area contributed by atoms with E-state index >= 15 is 0 Å². The molecule has 3 atom stereocenters. The number of halogens is 1. The maximum Gasteiger partial charge on any atom is 0.297 e. The number of rotatable bonds is 5. The molecule has 3 fully saturated rings. The van der Waals surface area contributed by atoms with Gasteiger partial charge in [0.05, 0.1) is 54.4 Å². The van der Waals surface area contributed by atoms with Crippen LogP contribution in [0.5, 0.6) is 6.01 Å². The molecule has 0 aliphatic carbocycles. The molecule has 5 heterocycles. The highest BCUT2D eigenvalue weighted by atomic mass is 35.5. The number of hydrogen-bond acceptors (Lipinski definition) is 9. The molecule has 1 spiro atoms. The Morgan fingerprint density at radius 2 is 2.06 bits per heavy atom. The summed E-state index contributed by atoms with van der Waals surface area (Å²) in [7, 11) is 1.92. The molecule has 0 bridgehead atoms. The van der Waals surface area contributed by atoms with Gasteiger partial charge in [0.15, 0.2) is 0 Å². The van der Waals surface area contributed by atoms with Gasteiger partial charge in [-0.25, -0.2) is 9.97 Å². The molecule has 11 heteroatoms. The number of imidazole rings is 1. The average Bonchev–Trinajstić information content (AvgIpc) is 3.59. The summed E-state index contributed by atoms with van der Waals surface area (Å²) < 4.78 is 19.2. The number of fused-ring (bicyclic) bond motifs is 1. The normalized spacial score (nSPS) is 25.8. The van der Waals surface area contributed by atoms with Crippen LogP contribution in [0.2, 0.25) is 5.02 Å². The highest BCUT2D eigenvalue weighted by Gasteiger charge is 2.47. The van der Waals surface area contributed by atoms with Crippen LogP contribution in [0.15, 0.2) is 34.4 Å². The van der Waals surface area contributed by atoms with Crippen molar-refractivity contribution in [2.75, 3.05) is 37.8 Å². The minimum Gasteiger partial charge on any atom is -0.459 e. The zero-order valence-corrected chi connectivity index (χ0v) is 22.1. The van der Waals surface area contributed by atoms with Gasteiger partial charge in [-0.05, 0) is 31.9 Å². The Kier molecular flexibility index (Phi) is 6.49. The summed E-state index contributed by atoms with van der Waals surface area (Å²) in [6, 6.07) is 4.59. The first kappa shape index (κ1) is 24.2. The molecule has 6 rings (SSSR count). The Bertz CT molecular complexity index is 1240. The summed E-state index contributed by atoms with van der Waals surface area (Å²) in [5.41, 5.74) is 8.19. The Morgan fingerprint density at radius 3 is 2.72 bits per heavy atom. The fourth-order valence-electron chi connectivity index (χ4n) is 5.45. The number of nitrogens with zero attached hydrogens (tertiary/aromatic N) is 5. The monoisotopic (exact) mass is 530 g/mol. The lowest BCUT2D eigenvalue weighted by Crippen LogP contribution is -2.50. The van der Waals surface area contributed by atoms with Crippen LogP contribution in [0.25, 0.3) is 11.0 Å². The van der Waals surface area contributed by atoms with E-state index in [2.05, 4.69) is 21.8 Å². The number of benzene rings is 1. The summed E-state index contributed by atoms with van der Waals surface area (Å²) in [6.45, 7) is 5.96. The van der Waals surface area contributed by atoms with Crippen LogP contribution in [0, 0.1) is 5.41 Å². The molecule has 36 heavy (non-hydrogen) atoms. The topological polar surface area (TPSA) is 101 Å². The Balaban J connectivity index is 1.14. The van der Waals surface area contributed by atoms with Gasteiger partial charge in [-0.15, -0.1) is 0 Å². The van der Waals surface area contributed by atoms with Gasteiger partial charge in [0, 0.05) is 42.9 Å². The minimum absolute atomic E-state index is 0.0270. The molecule has 9 nitrogen and oxygen atoms in total. The van der Waals surface area contributed by atoms with Crippen molar-refractivity contribution in [1.29, 1.82) is 0 Å². The molecule has 192 valence electrons. The molecule has 3 aliphatic rings. The molecule has 0 amide bonds. The van der Waals surface area contributed by atoms with Crippen molar-refractivity contribution >= 4 is 40.2 Å². The molecule has 3 aliphatic heterocycles. The van der Waals surface area contributed by atoms with Crippen LogP contribution in [0.1, 0.15) is 26.2 Å². The van der Waals surface area contributed by atoms with Gasteiger partial charge in [-0.2, -0.15) is 4.98 Å². The van der Waals surface area contributed by atoms with E-state index in [1.165, 1.54) is 11.8 Å². The average molecular weight is 531 g/mol. The van der Waals surface area contributed by atoms with Gasteiger partial charge in [0.1, 0.15) is 16.9 Å². The first-order chi connectivity index (χ1) is 17.4. The second-order valence-corrected chi connectivity index (χ2v) is 11.4. The lowest BCUT2D eigenvalue weighted by atomic mass is 9.73. The molecule has 1 unspecified atom stereocenters. The Hall–Kier alpha value is -2.11. The molecular formula is C25H31ClN6O3S. The van der Waals surface area contributed by atoms with Crippen molar-refractivity contribution < 1.29 is 14.2 Å². The molecule has 2 N–H and O–H groups in total. The standard InChI is InChI=1S/C25H31ClN6O3S/c1-15-23(27)25(14-34-15)6-8-32(9-7-25)19-11-29-20(12-28-19)36-18-4-3-17-22(21(18)26)31(2)24(30-17)35-16-5-10-33-13-16/h3-4,11-12,15-16,23H,5-10,13-14,27H2,1-2H3/t15-,16?,23+/m0/s1. The van der Waals surface area contributed by atoms with Crippen molar-refractivity contribution in [3.63, 3.8) is 0 Å². The van der Waals surface area contributed by atoms with Gasteiger partial charge in [-0.3, -0.25) is 4.57 Å². The second-order valence-electron chi connectivity index (χ2n) is 10.0. The van der Waals surface area contributed by atoms with Gasteiger partial charge < -0.3 is 24.8 Å². The van der Waals surface area contributed by atoms with Crippen molar-refractivity contribution in [3.05, 3.63) is 29.5 Å². The Labute approximate surface area is 219 Å². The van der Waals surface area contributed by atoms with E-state index in [1.54, 1.807) is 0 Å². The number of aryl methyl sites for hydroxylation is 1. The first-order valence-electron chi connectivity index (χ1n) is 12.4. The van der Waals surface area contributed by atoms with E-state index in [0.29, 0.717) is 17.6 Å². The van der Waals surface area contributed by atoms with Crippen LogP contribution < -0.4 is 15.4 Å². The highest BCUT2D eigenvalue weighted by Crippen LogP contribution is 2.42. The third kappa shape index (κ3) is 4.32. The van der Waals surface area contributed by atoms with Crippen LogP contribution in [-0.2, 0) is 16.5 Å². The molecule has 2 aromatic heterocycles. The third-order valence-corrected chi connectivity index (χ3v) is 9.29. The van der Waals surface area contributed by atoms with E-state index in [9.17, 15) is 0 Å². The fraction of sp³-hybridized carbons (Fsp3) is 0.560. The first-order valence-corrected chi connectivity index (χ1v) is 13.6. The fourth-order valence-corrected chi connectivity index (χ4v) is 6.61. The van der Waals surface area contributed by atoms with Gasteiger partial charge >= 0.3 is 0 Å². The van der Waals surface area contributed by atoms with E-state index in [0.717, 1.165) is 72.3 Å². The summed E-state index contributed by atoms with van der Waals surface area (Å²) in [5, 5.41) is 1.41.